The van der Waals surface area contributed by atoms with E-state index in [1.54, 1.807) is 0 Å². The number of fused-ring (bicyclic) bond motifs is 1. The van der Waals surface area contributed by atoms with Crippen molar-refractivity contribution in [2.45, 2.75) is 51.3 Å². The maximum absolute atomic E-state index is 11.4. The molecule has 0 spiro atoms. The minimum Gasteiger partial charge on any atom is -0.377 e. The topological polar surface area (TPSA) is 55.4 Å². The van der Waals surface area contributed by atoms with Crippen LogP contribution in [0, 0.1) is 11.3 Å². The molecule has 0 amide bonds. The molecule has 0 aromatic rings. The Morgan fingerprint density at radius 3 is 2.50 bits per heavy atom. The summed E-state index contributed by atoms with van der Waals surface area (Å²) in [6.45, 7) is 5.41. The highest BCUT2D eigenvalue weighted by Crippen LogP contribution is 2.52. The van der Waals surface area contributed by atoms with Crippen molar-refractivity contribution in [2.75, 3.05) is 18.1 Å². The molecule has 2 heterocycles. The summed E-state index contributed by atoms with van der Waals surface area (Å²) in [4.78, 5) is 0. The summed E-state index contributed by atoms with van der Waals surface area (Å²) in [5, 5.41) is 3.71. The maximum Gasteiger partial charge on any atom is 0.150 e. The standard InChI is InChI=1S/C13H23NO3S/c1-13(2)11(10-3-6-17-12(10)13)14-9-4-7-18(15,16)8-5-9/h9-12,14H,3-8H2,1-2H3. The predicted octanol–water partition coefficient (Wildman–Crippen LogP) is 0.967. The van der Waals surface area contributed by atoms with E-state index in [1.165, 1.54) is 0 Å². The Balaban J connectivity index is 1.61. The summed E-state index contributed by atoms with van der Waals surface area (Å²) in [6.07, 6.45) is 3.10. The monoisotopic (exact) mass is 273 g/mol. The molecule has 3 rings (SSSR count). The molecule has 2 saturated heterocycles. The number of sulfone groups is 1. The zero-order valence-electron chi connectivity index (χ0n) is 11.2. The van der Waals surface area contributed by atoms with Gasteiger partial charge in [-0.25, -0.2) is 8.42 Å². The second kappa shape index (κ2) is 4.18. The predicted molar refractivity (Wildman–Crippen MR) is 70.2 cm³/mol. The number of nitrogens with one attached hydrogen (secondary N) is 1. The molecule has 1 saturated carbocycles. The molecule has 2 aliphatic heterocycles. The number of ether oxygens (including phenoxy) is 1. The average Bonchev–Trinajstić information content (AvgIpc) is 2.74. The van der Waals surface area contributed by atoms with Crippen molar-refractivity contribution in [1.29, 1.82) is 0 Å². The van der Waals surface area contributed by atoms with Gasteiger partial charge in [0.25, 0.3) is 0 Å². The van der Waals surface area contributed by atoms with Crippen LogP contribution in [0.5, 0.6) is 0 Å². The summed E-state index contributed by atoms with van der Waals surface area (Å²) in [5.41, 5.74) is 0.192. The van der Waals surface area contributed by atoms with Gasteiger partial charge in [0, 0.05) is 30.0 Å². The molecule has 3 fully saturated rings. The average molecular weight is 273 g/mol. The number of hydrogen-bond donors (Lipinski definition) is 1. The van der Waals surface area contributed by atoms with Crippen LogP contribution in [-0.2, 0) is 14.6 Å². The molecular formula is C13H23NO3S. The molecule has 0 bridgehead atoms. The van der Waals surface area contributed by atoms with Crippen molar-refractivity contribution in [3.05, 3.63) is 0 Å². The normalized spacial score (nSPS) is 42.2. The summed E-state index contributed by atoms with van der Waals surface area (Å²) >= 11 is 0. The van der Waals surface area contributed by atoms with E-state index >= 15 is 0 Å². The Labute approximate surface area is 109 Å². The third kappa shape index (κ3) is 2.00. The first-order valence-electron chi connectivity index (χ1n) is 6.98. The van der Waals surface area contributed by atoms with Gasteiger partial charge < -0.3 is 10.1 Å². The van der Waals surface area contributed by atoms with Gasteiger partial charge in [0.1, 0.15) is 9.84 Å². The van der Waals surface area contributed by atoms with Gasteiger partial charge in [-0.15, -0.1) is 0 Å². The zero-order valence-corrected chi connectivity index (χ0v) is 12.0. The van der Waals surface area contributed by atoms with Crippen molar-refractivity contribution in [2.24, 2.45) is 11.3 Å². The van der Waals surface area contributed by atoms with Crippen molar-refractivity contribution >= 4 is 9.84 Å². The zero-order chi connectivity index (χ0) is 13.0. The lowest BCUT2D eigenvalue weighted by Gasteiger charge is -2.56. The van der Waals surface area contributed by atoms with Crippen LogP contribution in [0.4, 0.5) is 0 Å². The van der Waals surface area contributed by atoms with E-state index < -0.39 is 9.84 Å². The first kappa shape index (κ1) is 12.9. The van der Waals surface area contributed by atoms with Crippen molar-refractivity contribution in [3.8, 4) is 0 Å². The van der Waals surface area contributed by atoms with Crippen LogP contribution in [0.25, 0.3) is 0 Å². The van der Waals surface area contributed by atoms with Gasteiger partial charge in [0.15, 0.2) is 0 Å². The fourth-order valence-electron chi connectivity index (χ4n) is 3.97. The Morgan fingerprint density at radius 1 is 1.17 bits per heavy atom. The van der Waals surface area contributed by atoms with Crippen molar-refractivity contribution in [1.82, 2.24) is 5.32 Å². The van der Waals surface area contributed by atoms with Crippen LogP contribution in [-0.4, -0.2) is 44.7 Å². The van der Waals surface area contributed by atoms with Gasteiger partial charge in [0.2, 0.25) is 0 Å². The lowest BCUT2D eigenvalue weighted by atomic mass is 9.57. The summed E-state index contributed by atoms with van der Waals surface area (Å²) in [7, 11) is -2.75. The Hall–Kier alpha value is -0.130. The summed E-state index contributed by atoms with van der Waals surface area (Å²) < 4.78 is 28.6. The molecule has 3 unspecified atom stereocenters. The van der Waals surface area contributed by atoms with E-state index in [1.807, 2.05) is 0 Å². The van der Waals surface area contributed by atoms with E-state index in [4.69, 9.17) is 4.74 Å². The van der Waals surface area contributed by atoms with Crippen LogP contribution in [0.2, 0.25) is 0 Å². The fourth-order valence-corrected chi connectivity index (χ4v) is 5.46. The maximum atomic E-state index is 11.4. The molecular weight excluding hydrogens is 250 g/mol. The van der Waals surface area contributed by atoms with Crippen LogP contribution in [0.3, 0.4) is 0 Å². The molecule has 18 heavy (non-hydrogen) atoms. The smallest absolute Gasteiger partial charge is 0.150 e. The van der Waals surface area contributed by atoms with Crippen molar-refractivity contribution < 1.29 is 13.2 Å². The third-order valence-electron chi connectivity index (χ3n) is 5.07. The first-order valence-corrected chi connectivity index (χ1v) is 8.80. The minimum absolute atomic E-state index is 0.192. The number of rotatable bonds is 2. The summed E-state index contributed by atoms with van der Waals surface area (Å²) in [5.74, 6) is 1.34. The minimum atomic E-state index is -2.75. The lowest BCUT2D eigenvalue weighted by Crippen LogP contribution is -2.67. The van der Waals surface area contributed by atoms with E-state index in [2.05, 4.69) is 19.2 Å². The fraction of sp³-hybridized carbons (Fsp3) is 1.00. The molecule has 3 atom stereocenters. The van der Waals surface area contributed by atoms with E-state index in [0.29, 0.717) is 35.6 Å². The Bertz CT molecular complexity index is 418. The second-order valence-electron chi connectivity index (χ2n) is 6.64. The molecule has 4 nitrogen and oxygen atoms in total. The molecule has 0 radical (unpaired) electrons. The van der Waals surface area contributed by atoms with Gasteiger partial charge >= 0.3 is 0 Å². The second-order valence-corrected chi connectivity index (χ2v) is 8.94. The van der Waals surface area contributed by atoms with Crippen LogP contribution in [0.1, 0.15) is 33.1 Å². The summed E-state index contributed by atoms with van der Waals surface area (Å²) in [6, 6.07) is 0.871. The third-order valence-corrected chi connectivity index (χ3v) is 6.79. The SMILES string of the molecule is CC1(C)C(NC2CCS(=O)(=O)CC2)C2CCOC21. The van der Waals surface area contributed by atoms with Gasteiger partial charge in [0.05, 0.1) is 17.6 Å². The molecule has 1 N–H and O–H groups in total. The molecule has 104 valence electrons. The lowest BCUT2D eigenvalue weighted by molar-refractivity contribution is -0.115. The van der Waals surface area contributed by atoms with Crippen LogP contribution in [0.15, 0.2) is 0 Å². The van der Waals surface area contributed by atoms with E-state index in [-0.39, 0.29) is 5.41 Å². The van der Waals surface area contributed by atoms with E-state index in [9.17, 15) is 8.42 Å². The first-order chi connectivity index (χ1) is 8.40. The van der Waals surface area contributed by atoms with Crippen molar-refractivity contribution in [3.63, 3.8) is 0 Å². The highest BCUT2D eigenvalue weighted by molar-refractivity contribution is 7.91. The highest BCUT2D eigenvalue weighted by Gasteiger charge is 2.59. The molecule has 0 aromatic heterocycles. The van der Waals surface area contributed by atoms with Crippen LogP contribution < -0.4 is 5.32 Å². The highest BCUT2D eigenvalue weighted by atomic mass is 32.2. The molecule has 3 aliphatic rings. The van der Waals surface area contributed by atoms with Gasteiger partial charge in [-0.05, 0) is 19.3 Å². The Morgan fingerprint density at radius 2 is 1.83 bits per heavy atom. The van der Waals surface area contributed by atoms with Crippen LogP contribution >= 0.6 is 0 Å². The molecule has 0 aromatic carbocycles. The molecule has 5 heteroatoms. The van der Waals surface area contributed by atoms with Gasteiger partial charge in [-0.1, -0.05) is 13.8 Å². The van der Waals surface area contributed by atoms with Gasteiger partial charge in [-0.3, -0.25) is 0 Å². The largest absolute Gasteiger partial charge is 0.377 e. The quantitative estimate of drug-likeness (QED) is 0.814. The number of hydrogen-bond acceptors (Lipinski definition) is 4. The van der Waals surface area contributed by atoms with Gasteiger partial charge in [-0.2, -0.15) is 0 Å². The molecule has 1 aliphatic carbocycles. The van der Waals surface area contributed by atoms with E-state index in [0.717, 1.165) is 25.9 Å². The Kier molecular flexibility index (Phi) is 2.99.